The zero-order chi connectivity index (χ0) is 40.8. The first-order valence-corrected chi connectivity index (χ1v) is 21.5. The zero-order valence-corrected chi connectivity index (χ0v) is 33.9. The minimum absolute atomic E-state index is 0.601. The van der Waals surface area contributed by atoms with Gasteiger partial charge < -0.3 is 9.32 Å². The fourth-order valence-corrected chi connectivity index (χ4v) is 11.0. The van der Waals surface area contributed by atoms with Gasteiger partial charge in [-0.25, -0.2) is 0 Å². The second-order valence-electron chi connectivity index (χ2n) is 16.7. The van der Waals surface area contributed by atoms with E-state index in [0.717, 1.165) is 33.3 Å². The first-order chi connectivity index (χ1) is 30.8. The van der Waals surface area contributed by atoms with Gasteiger partial charge in [0.1, 0.15) is 11.2 Å². The van der Waals surface area contributed by atoms with E-state index in [1.54, 1.807) is 0 Å². The average Bonchev–Trinajstić information content (AvgIpc) is 3.86. The molecule has 290 valence electrons. The van der Waals surface area contributed by atoms with Crippen molar-refractivity contribution in [1.82, 2.24) is 0 Å². The second-order valence-corrected chi connectivity index (χ2v) is 16.7. The third-order valence-electron chi connectivity index (χ3n) is 13.6. The SMILES string of the molecule is c1ccc(-c2ccccc2CN(c2ccc3c(c2)C2(c4ccccc4-3)c3ccccc3-c3cccc4ccc(-c5ccccc5)c2c34)c2ccc3oc4ccccc4c3c2)cc1. The van der Waals surface area contributed by atoms with E-state index < -0.39 is 5.41 Å². The molecule has 1 spiro atoms. The molecule has 0 N–H and O–H groups in total. The van der Waals surface area contributed by atoms with Crippen molar-refractivity contribution < 1.29 is 4.42 Å². The number of nitrogens with zero attached hydrogens (tertiary/aromatic N) is 1. The van der Waals surface area contributed by atoms with Gasteiger partial charge in [-0.1, -0.05) is 188 Å². The molecule has 0 saturated heterocycles. The summed E-state index contributed by atoms with van der Waals surface area (Å²) in [5.74, 6) is 0. The highest BCUT2D eigenvalue weighted by molar-refractivity contribution is 6.10. The van der Waals surface area contributed by atoms with Gasteiger partial charge in [-0.2, -0.15) is 0 Å². The minimum Gasteiger partial charge on any atom is -0.456 e. The van der Waals surface area contributed by atoms with Crippen molar-refractivity contribution in [2.24, 2.45) is 0 Å². The van der Waals surface area contributed by atoms with Crippen LogP contribution in [0.25, 0.3) is 77.2 Å². The van der Waals surface area contributed by atoms with Gasteiger partial charge in [-0.3, -0.25) is 0 Å². The Kier molecular flexibility index (Phi) is 7.62. The van der Waals surface area contributed by atoms with E-state index in [1.165, 1.54) is 83.1 Å². The van der Waals surface area contributed by atoms with E-state index in [-0.39, 0.29) is 0 Å². The van der Waals surface area contributed by atoms with Gasteiger partial charge in [0.2, 0.25) is 0 Å². The first-order valence-electron chi connectivity index (χ1n) is 21.5. The zero-order valence-electron chi connectivity index (χ0n) is 33.9. The predicted octanol–water partition coefficient (Wildman–Crippen LogP) is 15.8. The monoisotopic (exact) mass is 789 g/mol. The second kappa shape index (κ2) is 13.5. The van der Waals surface area contributed by atoms with Gasteiger partial charge in [0.15, 0.2) is 0 Å². The molecule has 0 fully saturated rings. The summed E-state index contributed by atoms with van der Waals surface area (Å²) in [6.07, 6.45) is 0. The van der Waals surface area contributed by atoms with E-state index in [1.807, 2.05) is 6.07 Å². The number of benzene rings is 10. The third-order valence-corrected chi connectivity index (χ3v) is 13.6. The van der Waals surface area contributed by atoms with Crippen molar-refractivity contribution in [3.05, 3.63) is 252 Å². The van der Waals surface area contributed by atoms with Crippen molar-refractivity contribution in [2.45, 2.75) is 12.0 Å². The Morgan fingerprint density at radius 1 is 0.371 bits per heavy atom. The molecular formula is C60H39NO. The molecule has 13 rings (SSSR count). The van der Waals surface area contributed by atoms with Crippen LogP contribution in [0, 0.1) is 0 Å². The van der Waals surface area contributed by atoms with Gasteiger partial charge in [0.05, 0.1) is 5.41 Å². The van der Waals surface area contributed by atoms with Crippen LogP contribution in [0.2, 0.25) is 0 Å². The summed E-state index contributed by atoms with van der Waals surface area (Å²) in [4.78, 5) is 2.52. The lowest BCUT2D eigenvalue weighted by atomic mass is 9.60. The summed E-state index contributed by atoms with van der Waals surface area (Å²) in [6.45, 7) is 0.662. The molecule has 0 saturated carbocycles. The summed E-state index contributed by atoms with van der Waals surface area (Å²) in [5.41, 5.74) is 20.0. The Morgan fingerprint density at radius 3 is 1.73 bits per heavy atom. The van der Waals surface area contributed by atoms with Gasteiger partial charge in [0.25, 0.3) is 0 Å². The van der Waals surface area contributed by atoms with Crippen LogP contribution < -0.4 is 4.90 Å². The standard InChI is InChI=1S/C60H39NO/c1-3-16-39(17-4-1)45-22-8-7-20-42(45)38-61(43-32-35-57-52(36-43)50-25-11-14-29-56(50)62-57)44-31-34-49-47-23-9-12-27-53(47)60(55(49)37-44)54-28-13-10-24-48(54)51-26-15-21-41-30-33-46(59(60)58(41)51)40-18-5-2-6-19-40/h1-37H,38H2. The van der Waals surface area contributed by atoms with E-state index in [0.29, 0.717) is 6.54 Å². The lowest BCUT2D eigenvalue weighted by Crippen LogP contribution is -2.33. The molecule has 2 nitrogen and oxygen atoms in total. The Bertz CT molecular complexity index is 3560. The molecule has 2 aliphatic rings. The smallest absolute Gasteiger partial charge is 0.135 e. The Balaban J connectivity index is 1.12. The molecular weight excluding hydrogens is 751 g/mol. The molecule has 10 aromatic carbocycles. The van der Waals surface area contributed by atoms with Gasteiger partial charge in [-0.15, -0.1) is 0 Å². The van der Waals surface area contributed by atoms with Crippen LogP contribution in [0.3, 0.4) is 0 Å². The maximum Gasteiger partial charge on any atom is 0.135 e. The minimum atomic E-state index is -0.601. The Hall–Kier alpha value is -7.94. The number of fused-ring (bicyclic) bond motifs is 12. The molecule has 1 heterocycles. The number of hydrogen-bond acceptors (Lipinski definition) is 2. The molecule has 0 radical (unpaired) electrons. The lowest BCUT2D eigenvalue weighted by Gasteiger charge is -2.41. The highest BCUT2D eigenvalue weighted by Gasteiger charge is 2.51. The normalized spacial score (nSPS) is 14.6. The summed E-state index contributed by atoms with van der Waals surface area (Å²) in [5, 5.41) is 4.82. The van der Waals surface area contributed by atoms with Crippen LogP contribution in [-0.2, 0) is 12.0 Å². The van der Waals surface area contributed by atoms with Crippen molar-refractivity contribution in [3.63, 3.8) is 0 Å². The van der Waals surface area contributed by atoms with Gasteiger partial charge >= 0.3 is 0 Å². The predicted molar refractivity (Wildman–Crippen MR) is 257 cm³/mol. The van der Waals surface area contributed by atoms with Crippen molar-refractivity contribution in [3.8, 4) is 44.5 Å². The van der Waals surface area contributed by atoms with Crippen LogP contribution in [0.15, 0.2) is 229 Å². The van der Waals surface area contributed by atoms with Crippen LogP contribution in [0.5, 0.6) is 0 Å². The molecule has 0 aliphatic heterocycles. The van der Waals surface area contributed by atoms with E-state index in [9.17, 15) is 0 Å². The molecule has 2 aliphatic carbocycles. The topological polar surface area (TPSA) is 16.4 Å². The fraction of sp³-hybridized carbons (Fsp3) is 0.0333. The molecule has 11 aromatic rings. The maximum atomic E-state index is 6.38. The highest BCUT2D eigenvalue weighted by Crippen LogP contribution is 2.64. The maximum absolute atomic E-state index is 6.38. The number of furan rings is 1. The molecule has 0 bridgehead atoms. The number of anilines is 2. The number of rotatable bonds is 6. The van der Waals surface area contributed by atoms with Crippen LogP contribution in [0.4, 0.5) is 11.4 Å². The lowest BCUT2D eigenvalue weighted by molar-refractivity contribution is 0.669. The van der Waals surface area contributed by atoms with E-state index >= 15 is 0 Å². The van der Waals surface area contributed by atoms with E-state index in [2.05, 4.69) is 223 Å². The average molecular weight is 790 g/mol. The van der Waals surface area contributed by atoms with Crippen LogP contribution in [-0.4, -0.2) is 0 Å². The Labute approximate surface area is 360 Å². The van der Waals surface area contributed by atoms with E-state index in [4.69, 9.17) is 4.42 Å². The highest BCUT2D eigenvalue weighted by atomic mass is 16.3. The van der Waals surface area contributed by atoms with Gasteiger partial charge in [-0.05, 0) is 119 Å². The van der Waals surface area contributed by atoms with Gasteiger partial charge in [0, 0.05) is 28.7 Å². The summed E-state index contributed by atoms with van der Waals surface area (Å²) in [6, 6.07) is 82.8. The molecule has 1 atom stereocenters. The summed E-state index contributed by atoms with van der Waals surface area (Å²) in [7, 11) is 0. The molecule has 2 heteroatoms. The number of para-hydroxylation sites is 1. The van der Waals surface area contributed by atoms with Crippen LogP contribution >= 0.6 is 0 Å². The molecule has 1 aromatic heterocycles. The first kappa shape index (κ1) is 34.9. The summed E-state index contributed by atoms with van der Waals surface area (Å²) < 4.78 is 6.38. The fourth-order valence-electron chi connectivity index (χ4n) is 11.0. The number of hydrogen-bond donors (Lipinski definition) is 0. The van der Waals surface area contributed by atoms with Crippen molar-refractivity contribution in [1.29, 1.82) is 0 Å². The largest absolute Gasteiger partial charge is 0.456 e. The molecule has 62 heavy (non-hydrogen) atoms. The molecule has 1 unspecified atom stereocenters. The quantitative estimate of drug-likeness (QED) is 0.167. The van der Waals surface area contributed by atoms with Crippen molar-refractivity contribution >= 4 is 44.1 Å². The third kappa shape index (κ3) is 4.98. The molecule has 0 amide bonds. The van der Waals surface area contributed by atoms with Crippen molar-refractivity contribution in [2.75, 3.05) is 4.90 Å². The summed E-state index contributed by atoms with van der Waals surface area (Å²) >= 11 is 0. The van der Waals surface area contributed by atoms with Crippen LogP contribution in [0.1, 0.15) is 27.8 Å². The Morgan fingerprint density at radius 2 is 0.935 bits per heavy atom.